The fourth-order valence-electron chi connectivity index (χ4n) is 3.19. The number of amides is 2. The van der Waals surface area contributed by atoms with E-state index in [2.05, 4.69) is 10.6 Å². The largest absolute Gasteiger partial charge is 0.334 e. The van der Waals surface area contributed by atoms with Crippen LogP contribution in [0.4, 0.5) is 10.5 Å². The first kappa shape index (κ1) is 20.6. The molecule has 1 heterocycles. The minimum absolute atomic E-state index is 0.160. The standard InChI is InChI=1S/C20H24ClN3O3S/c1-2-11-28(26,27)24-10-9-16-5-8-19(12-17(16)14-24)23-20(25)22-13-15-3-6-18(21)7-4-15/h3-8,12H,2,9-11,13-14H2,1H3,(H2,22,23,25). The molecule has 0 saturated heterocycles. The van der Waals surface area contributed by atoms with Crippen molar-refractivity contribution in [1.29, 1.82) is 0 Å². The lowest BCUT2D eigenvalue weighted by Gasteiger charge is -2.28. The zero-order valence-electron chi connectivity index (χ0n) is 15.7. The van der Waals surface area contributed by atoms with Gasteiger partial charge < -0.3 is 10.6 Å². The number of urea groups is 1. The van der Waals surface area contributed by atoms with E-state index in [0.717, 1.165) is 16.7 Å². The highest BCUT2D eigenvalue weighted by Gasteiger charge is 2.26. The molecule has 1 aliphatic heterocycles. The van der Waals surface area contributed by atoms with Crippen molar-refractivity contribution in [1.82, 2.24) is 9.62 Å². The topological polar surface area (TPSA) is 78.5 Å². The molecule has 0 unspecified atom stereocenters. The third-order valence-electron chi connectivity index (χ3n) is 4.66. The monoisotopic (exact) mass is 421 g/mol. The van der Waals surface area contributed by atoms with E-state index in [0.29, 0.717) is 43.2 Å². The van der Waals surface area contributed by atoms with E-state index in [9.17, 15) is 13.2 Å². The second-order valence-corrected chi connectivity index (χ2v) is 9.34. The Bertz CT molecular complexity index is 946. The molecule has 2 amide bonds. The maximum atomic E-state index is 12.3. The van der Waals surface area contributed by atoms with Gasteiger partial charge in [0.1, 0.15) is 0 Å². The summed E-state index contributed by atoms with van der Waals surface area (Å²) in [7, 11) is -3.23. The summed E-state index contributed by atoms with van der Waals surface area (Å²) in [4.78, 5) is 12.2. The van der Waals surface area contributed by atoms with Gasteiger partial charge >= 0.3 is 6.03 Å². The molecular formula is C20H24ClN3O3S. The van der Waals surface area contributed by atoms with Crippen LogP contribution in [0.2, 0.25) is 5.02 Å². The van der Waals surface area contributed by atoms with Gasteiger partial charge in [-0.05, 0) is 53.8 Å². The number of nitrogens with one attached hydrogen (secondary N) is 2. The van der Waals surface area contributed by atoms with E-state index in [1.165, 1.54) is 4.31 Å². The summed E-state index contributed by atoms with van der Waals surface area (Å²) in [5.41, 5.74) is 3.64. The maximum Gasteiger partial charge on any atom is 0.319 e. The van der Waals surface area contributed by atoms with Crippen LogP contribution in [0.3, 0.4) is 0 Å². The number of sulfonamides is 1. The van der Waals surface area contributed by atoms with Crippen molar-refractivity contribution in [3.8, 4) is 0 Å². The first-order chi connectivity index (χ1) is 13.4. The molecule has 6 nitrogen and oxygen atoms in total. The number of benzene rings is 2. The highest BCUT2D eigenvalue weighted by molar-refractivity contribution is 7.89. The summed E-state index contributed by atoms with van der Waals surface area (Å²) in [5.74, 6) is 0.160. The molecule has 28 heavy (non-hydrogen) atoms. The Labute approximate surface area is 170 Å². The minimum Gasteiger partial charge on any atom is -0.334 e. The number of carbonyl (C=O) groups is 1. The van der Waals surface area contributed by atoms with E-state index in [-0.39, 0.29) is 11.8 Å². The Balaban J connectivity index is 1.61. The zero-order chi connectivity index (χ0) is 20.1. The SMILES string of the molecule is CCCS(=O)(=O)N1CCc2ccc(NC(=O)NCc3ccc(Cl)cc3)cc2C1. The van der Waals surface area contributed by atoms with E-state index in [1.807, 2.05) is 37.3 Å². The van der Waals surface area contributed by atoms with Crippen LogP contribution in [-0.4, -0.2) is 31.1 Å². The van der Waals surface area contributed by atoms with Crippen molar-refractivity contribution < 1.29 is 13.2 Å². The lowest BCUT2D eigenvalue weighted by Crippen LogP contribution is -2.37. The van der Waals surface area contributed by atoms with Gasteiger partial charge in [-0.1, -0.05) is 36.7 Å². The van der Waals surface area contributed by atoms with Gasteiger partial charge in [0.05, 0.1) is 5.75 Å². The van der Waals surface area contributed by atoms with Crippen LogP contribution < -0.4 is 10.6 Å². The summed E-state index contributed by atoms with van der Waals surface area (Å²) in [6, 6.07) is 12.6. The maximum absolute atomic E-state index is 12.3. The fraction of sp³-hybridized carbons (Fsp3) is 0.350. The number of carbonyl (C=O) groups excluding carboxylic acids is 1. The number of rotatable bonds is 6. The molecule has 2 N–H and O–H groups in total. The van der Waals surface area contributed by atoms with Gasteiger partial charge in [-0.3, -0.25) is 0 Å². The van der Waals surface area contributed by atoms with Crippen molar-refractivity contribution >= 4 is 33.3 Å². The average Bonchev–Trinajstić information content (AvgIpc) is 2.67. The van der Waals surface area contributed by atoms with Crippen molar-refractivity contribution in [3.63, 3.8) is 0 Å². The highest BCUT2D eigenvalue weighted by atomic mass is 35.5. The molecule has 0 atom stereocenters. The third-order valence-corrected chi connectivity index (χ3v) is 6.94. The molecule has 0 bridgehead atoms. The lowest BCUT2D eigenvalue weighted by atomic mass is 10.0. The summed E-state index contributed by atoms with van der Waals surface area (Å²) >= 11 is 5.85. The molecule has 1 aliphatic rings. The fourth-order valence-corrected chi connectivity index (χ4v) is 4.80. The Morgan fingerprint density at radius 3 is 2.61 bits per heavy atom. The molecule has 2 aromatic rings. The van der Waals surface area contributed by atoms with Gasteiger partial charge in [0.25, 0.3) is 0 Å². The van der Waals surface area contributed by atoms with E-state index >= 15 is 0 Å². The van der Waals surface area contributed by atoms with Crippen LogP contribution in [0.1, 0.15) is 30.0 Å². The van der Waals surface area contributed by atoms with E-state index in [1.54, 1.807) is 12.1 Å². The van der Waals surface area contributed by atoms with Crippen LogP contribution in [0.25, 0.3) is 0 Å². The quantitative estimate of drug-likeness (QED) is 0.745. The minimum atomic E-state index is -3.23. The Morgan fingerprint density at radius 1 is 1.14 bits per heavy atom. The van der Waals surface area contributed by atoms with Crippen molar-refractivity contribution in [2.45, 2.75) is 32.9 Å². The molecule has 2 aromatic carbocycles. The van der Waals surface area contributed by atoms with Gasteiger partial charge in [-0.25, -0.2) is 13.2 Å². The predicted octanol–water partition coefficient (Wildman–Crippen LogP) is 3.76. The summed E-state index contributed by atoms with van der Waals surface area (Å²) in [5, 5.41) is 6.26. The molecule has 0 aromatic heterocycles. The van der Waals surface area contributed by atoms with Crippen molar-refractivity contribution in [2.75, 3.05) is 17.6 Å². The number of halogens is 1. The Kier molecular flexibility index (Phi) is 6.59. The summed E-state index contributed by atoms with van der Waals surface area (Å²) in [6.07, 6.45) is 1.28. The normalized spacial score (nSPS) is 14.4. The first-order valence-electron chi connectivity index (χ1n) is 9.26. The van der Waals surface area contributed by atoms with Crippen LogP contribution in [0, 0.1) is 0 Å². The third kappa shape index (κ3) is 5.25. The summed E-state index contributed by atoms with van der Waals surface area (Å²) < 4.78 is 26.2. The Morgan fingerprint density at radius 2 is 1.89 bits per heavy atom. The van der Waals surface area contributed by atoms with Crippen LogP contribution >= 0.6 is 11.6 Å². The molecule has 0 fully saturated rings. The van der Waals surface area contributed by atoms with Gasteiger partial charge in [0.15, 0.2) is 0 Å². The molecule has 0 spiro atoms. The van der Waals surface area contributed by atoms with Crippen LogP contribution in [0.15, 0.2) is 42.5 Å². The van der Waals surface area contributed by atoms with E-state index in [4.69, 9.17) is 11.6 Å². The number of fused-ring (bicyclic) bond motifs is 1. The van der Waals surface area contributed by atoms with Gasteiger partial charge in [0.2, 0.25) is 10.0 Å². The lowest BCUT2D eigenvalue weighted by molar-refractivity contribution is 0.251. The number of hydrogen-bond donors (Lipinski definition) is 2. The van der Waals surface area contributed by atoms with Gasteiger partial charge in [-0.15, -0.1) is 0 Å². The molecule has 8 heteroatoms. The highest BCUT2D eigenvalue weighted by Crippen LogP contribution is 2.24. The second-order valence-electron chi connectivity index (χ2n) is 6.82. The predicted molar refractivity (Wildman–Crippen MR) is 112 cm³/mol. The molecule has 3 rings (SSSR count). The molecule has 0 saturated carbocycles. The van der Waals surface area contributed by atoms with E-state index < -0.39 is 10.0 Å². The number of anilines is 1. The average molecular weight is 422 g/mol. The van der Waals surface area contributed by atoms with Crippen LogP contribution in [0.5, 0.6) is 0 Å². The molecular weight excluding hydrogens is 398 g/mol. The van der Waals surface area contributed by atoms with Crippen molar-refractivity contribution in [2.24, 2.45) is 0 Å². The number of nitrogens with zero attached hydrogens (tertiary/aromatic N) is 1. The molecule has 0 radical (unpaired) electrons. The van der Waals surface area contributed by atoms with Crippen LogP contribution in [-0.2, 0) is 29.5 Å². The smallest absolute Gasteiger partial charge is 0.319 e. The molecule has 0 aliphatic carbocycles. The molecule has 150 valence electrons. The van der Waals surface area contributed by atoms with Crippen molar-refractivity contribution in [3.05, 3.63) is 64.2 Å². The number of hydrogen-bond acceptors (Lipinski definition) is 3. The Hall–Kier alpha value is -2.09. The second kappa shape index (κ2) is 8.94. The van der Waals surface area contributed by atoms with Gasteiger partial charge in [0, 0.05) is 30.3 Å². The summed E-state index contributed by atoms with van der Waals surface area (Å²) in [6.45, 7) is 3.10. The zero-order valence-corrected chi connectivity index (χ0v) is 17.3. The first-order valence-corrected chi connectivity index (χ1v) is 11.2. The van der Waals surface area contributed by atoms with Gasteiger partial charge in [-0.2, -0.15) is 4.31 Å².